The van der Waals surface area contributed by atoms with E-state index in [1.165, 1.54) is 5.56 Å². The van der Waals surface area contributed by atoms with Crippen molar-refractivity contribution in [3.63, 3.8) is 0 Å². The zero-order valence-electron chi connectivity index (χ0n) is 13.7. The summed E-state index contributed by atoms with van der Waals surface area (Å²) in [5.74, 6) is 1.40. The van der Waals surface area contributed by atoms with Gasteiger partial charge in [0.1, 0.15) is 11.5 Å². The van der Waals surface area contributed by atoms with Crippen LogP contribution in [0.2, 0.25) is 0 Å². The van der Waals surface area contributed by atoms with E-state index in [4.69, 9.17) is 4.98 Å². The van der Waals surface area contributed by atoms with Crippen LogP contribution >= 0.6 is 0 Å². The van der Waals surface area contributed by atoms with Gasteiger partial charge in [0.2, 0.25) is 0 Å². The van der Waals surface area contributed by atoms with Gasteiger partial charge in [-0.05, 0) is 48.9 Å². The zero-order chi connectivity index (χ0) is 16.4. The maximum absolute atomic E-state index is 10.6. The van der Waals surface area contributed by atoms with Crippen molar-refractivity contribution in [1.82, 2.24) is 9.97 Å². The molecule has 1 aliphatic heterocycles. The van der Waals surface area contributed by atoms with E-state index >= 15 is 0 Å². The van der Waals surface area contributed by atoms with Gasteiger partial charge in [-0.25, -0.2) is 4.98 Å². The normalized spacial score (nSPS) is 17.3. The number of aromatic nitrogens is 2. The standard InChI is InChI=1S/C20H23N3O/c24-18(14-15-4-2-1-3-5-15)16-9-12-23(13-10-16)19-7-6-17-8-11-21-20(17)22-19/h1-8,11,16,18,24H,9-10,12-14H2,(H,21,22)/t18-/m0/s1. The summed E-state index contributed by atoms with van der Waals surface area (Å²) >= 11 is 0. The Bertz CT molecular complexity index is 791. The number of nitrogens with one attached hydrogen (secondary N) is 1. The minimum atomic E-state index is -0.256. The second-order valence-corrected chi connectivity index (χ2v) is 6.67. The molecule has 3 heterocycles. The molecule has 2 aromatic heterocycles. The van der Waals surface area contributed by atoms with Crippen molar-refractivity contribution in [2.24, 2.45) is 5.92 Å². The van der Waals surface area contributed by atoms with Crippen LogP contribution in [0.1, 0.15) is 18.4 Å². The summed E-state index contributed by atoms with van der Waals surface area (Å²) in [6.45, 7) is 1.91. The first-order valence-electron chi connectivity index (χ1n) is 8.71. The summed E-state index contributed by atoms with van der Waals surface area (Å²) in [4.78, 5) is 10.2. The van der Waals surface area contributed by atoms with Gasteiger partial charge in [-0.15, -0.1) is 0 Å². The first kappa shape index (κ1) is 15.2. The van der Waals surface area contributed by atoms with Crippen LogP contribution in [0.25, 0.3) is 11.0 Å². The van der Waals surface area contributed by atoms with E-state index < -0.39 is 0 Å². The molecule has 2 N–H and O–H groups in total. The Hall–Kier alpha value is -2.33. The van der Waals surface area contributed by atoms with Crippen molar-refractivity contribution in [3.05, 3.63) is 60.3 Å². The summed E-state index contributed by atoms with van der Waals surface area (Å²) in [7, 11) is 0. The molecule has 124 valence electrons. The summed E-state index contributed by atoms with van der Waals surface area (Å²) in [5, 5.41) is 11.7. The third kappa shape index (κ3) is 3.15. The van der Waals surface area contributed by atoms with Gasteiger partial charge in [-0.2, -0.15) is 0 Å². The van der Waals surface area contributed by atoms with E-state index in [-0.39, 0.29) is 6.10 Å². The van der Waals surface area contributed by atoms with E-state index in [0.717, 1.165) is 49.2 Å². The van der Waals surface area contributed by atoms with Crippen LogP contribution in [0.5, 0.6) is 0 Å². The number of fused-ring (bicyclic) bond motifs is 1. The largest absolute Gasteiger partial charge is 0.392 e. The number of rotatable bonds is 4. The average molecular weight is 321 g/mol. The SMILES string of the molecule is O[C@@H](Cc1ccccc1)C1CCN(c2ccc3cc[nH]c3n2)CC1. The first-order valence-corrected chi connectivity index (χ1v) is 8.71. The van der Waals surface area contributed by atoms with Gasteiger partial charge < -0.3 is 15.0 Å². The molecule has 24 heavy (non-hydrogen) atoms. The van der Waals surface area contributed by atoms with Crippen LogP contribution < -0.4 is 4.90 Å². The van der Waals surface area contributed by atoms with Crippen LogP contribution in [0.3, 0.4) is 0 Å². The van der Waals surface area contributed by atoms with E-state index in [1.807, 2.05) is 30.5 Å². The number of hydrogen-bond donors (Lipinski definition) is 2. The van der Waals surface area contributed by atoms with E-state index in [0.29, 0.717) is 5.92 Å². The molecule has 1 saturated heterocycles. The van der Waals surface area contributed by atoms with Crippen LogP contribution in [0.15, 0.2) is 54.7 Å². The van der Waals surface area contributed by atoms with Gasteiger partial charge >= 0.3 is 0 Å². The molecule has 0 radical (unpaired) electrons. The van der Waals surface area contributed by atoms with Crippen molar-refractivity contribution in [2.75, 3.05) is 18.0 Å². The number of benzene rings is 1. The second-order valence-electron chi connectivity index (χ2n) is 6.67. The molecule has 0 aliphatic carbocycles. The molecule has 1 fully saturated rings. The molecular weight excluding hydrogens is 298 g/mol. The quantitative estimate of drug-likeness (QED) is 0.774. The number of pyridine rings is 1. The van der Waals surface area contributed by atoms with Gasteiger partial charge in [-0.3, -0.25) is 0 Å². The monoisotopic (exact) mass is 321 g/mol. The third-order valence-corrected chi connectivity index (χ3v) is 5.09. The lowest BCUT2D eigenvalue weighted by Crippen LogP contribution is -2.38. The molecule has 1 atom stereocenters. The highest BCUT2D eigenvalue weighted by Crippen LogP contribution is 2.26. The van der Waals surface area contributed by atoms with Crippen molar-refractivity contribution in [3.8, 4) is 0 Å². The molecule has 1 aromatic carbocycles. The molecule has 0 spiro atoms. The minimum Gasteiger partial charge on any atom is -0.392 e. The maximum Gasteiger partial charge on any atom is 0.139 e. The summed E-state index contributed by atoms with van der Waals surface area (Å²) in [5.41, 5.74) is 2.16. The molecule has 3 aromatic rings. The summed E-state index contributed by atoms with van der Waals surface area (Å²) in [6.07, 6.45) is 4.44. The number of H-pyrrole nitrogens is 1. The predicted molar refractivity (Wildman–Crippen MR) is 97.2 cm³/mol. The van der Waals surface area contributed by atoms with Gasteiger partial charge in [-0.1, -0.05) is 30.3 Å². The molecule has 4 nitrogen and oxygen atoms in total. The number of aromatic amines is 1. The van der Waals surface area contributed by atoms with Gasteiger partial charge in [0.15, 0.2) is 0 Å². The molecule has 0 amide bonds. The maximum atomic E-state index is 10.6. The van der Waals surface area contributed by atoms with Crippen LogP contribution in [-0.2, 0) is 6.42 Å². The first-order chi connectivity index (χ1) is 11.8. The lowest BCUT2D eigenvalue weighted by atomic mass is 9.88. The third-order valence-electron chi connectivity index (χ3n) is 5.09. The van der Waals surface area contributed by atoms with Crippen molar-refractivity contribution in [2.45, 2.75) is 25.4 Å². The number of piperidine rings is 1. The number of nitrogens with zero attached hydrogens (tertiary/aromatic N) is 2. The number of aliphatic hydroxyl groups is 1. The number of anilines is 1. The minimum absolute atomic E-state index is 0.256. The fourth-order valence-electron chi connectivity index (χ4n) is 3.63. The Morgan fingerprint density at radius 2 is 1.88 bits per heavy atom. The van der Waals surface area contributed by atoms with Crippen LogP contribution in [0.4, 0.5) is 5.82 Å². The molecule has 0 saturated carbocycles. The Morgan fingerprint density at radius 1 is 1.08 bits per heavy atom. The highest BCUT2D eigenvalue weighted by molar-refractivity contribution is 5.77. The zero-order valence-corrected chi connectivity index (χ0v) is 13.7. The molecule has 4 rings (SSSR count). The predicted octanol–water partition coefficient (Wildman–Crippen LogP) is 3.38. The molecule has 4 heteroatoms. The highest BCUT2D eigenvalue weighted by atomic mass is 16.3. The fraction of sp³-hybridized carbons (Fsp3) is 0.350. The van der Waals surface area contributed by atoms with Crippen LogP contribution in [0, 0.1) is 5.92 Å². The average Bonchev–Trinajstić information content (AvgIpc) is 3.10. The lowest BCUT2D eigenvalue weighted by molar-refractivity contribution is 0.0929. The van der Waals surface area contributed by atoms with Gasteiger partial charge in [0.05, 0.1) is 6.10 Å². The van der Waals surface area contributed by atoms with Crippen molar-refractivity contribution in [1.29, 1.82) is 0 Å². The van der Waals surface area contributed by atoms with E-state index in [2.05, 4.69) is 34.1 Å². The lowest BCUT2D eigenvalue weighted by Gasteiger charge is -2.35. The number of hydrogen-bond acceptors (Lipinski definition) is 3. The van der Waals surface area contributed by atoms with E-state index in [9.17, 15) is 5.11 Å². The molecule has 1 aliphatic rings. The Kier molecular flexibility index (Phi) is 4.22. The van der Waals surface area contributed by atoms with Crippen molar-refractivity contribution < 1.29 is 5.11 Å². The van der Waals surface area contributed by atoms with Gasteiger partial charge in [0, 0.05) is 24.7 Å². The Morgan fingerprint density at radius 3 is 2.67 bits per heavy atom. The number of aliphatic hydroxyl groups excluding tert-OH is 1. The highest BCUT2D eigenvalue weighted by Gasteiger charge is 2.26. The smallest absolute Gasteiger partial charge is 0.139 e. The van der Waals surface area contributed by atoms with Crippen LogP contribution in [-0.4, -0.2) is 34.3 Å². The van der Waals surface area contributed by atoms with Gasteiger partial charge in [0.25, 0.3) is 0 Å². The Balaban J connectivity index is 1.37. The molecule has 0 unspecified atom stereocenters. The molecular formula is C20H23N3O. The second kappa shape index (κ2) is 6.65. The molecule has 0 bridgehead atoms. The van der Waals surface area contributed by atoms with E-state index in [1.54, 1.807) is 0 Å². The summed E-state index contributed by atoms with van der Waals surface area (Å²) < 4.78 is 0. The fourth-order valence-corrected chi connectivity index (χ4v) is 3.63. The topological polar surface area (TPSA) is 52.1 Å². The Labute approximate surface area is 142 Å². The van der Waals surface area contributed by atoms with Crippen molar-refractivity contribution >= 4 is 16.9 Å². The summed E-state index contributed by atoms with van der Waals surface area (Å²) in [6, 6.07) is 16.5.